The zero-order valence-corrected chi connectivity index (χ0v) is 8.94. The smallest absolute Gasteiger partial charge is 0.178 e. The summed E-state index contributed by atoms with van der Waals surface area (Å²) in [4.78, 5) is 17.0. The second kappa shape index (κ2) is 3.61. The molecule has 1 N–H and O–H groups in total. The Balaban J connectivity index is 2.13. The lowest BCUT2D eigenvalue weighted by Crippen LogP contribution is -2.00. The van der Waals surface area contributed by atoms with Crippen molar-refractivity contribution in [3.8, 4) is 11.5 Å². The Morgan fingerprint density at radius 2 is 2.19 bits per heavy atom. The first-order valence-corrected chi connectivity index (χ1v) is 5.18. The van der Waals surface area contributed by atoms with E-state index in [-0.39, 0.29) is 0 Å². The maximum Gasteiger partial charge on any atom is 0.178 e. The van der Waals surface area contributed by atoms with E-state index in [2.05, 4.69) is 25.3 Å². The molecule has 5 heteroatoms. The summed E-state index contributed by atoms with van der Waals surface area (Å²) in [5, 5.41) is 3.27. The lowest BCUT2D eigenvalue weighted by Gasteiger charge is -2.05. The Labute approximate surface area is 93.0 Å². The van der Waals surface area contributed by atoms with E-state index in [1.807, 2.05) is 13.0 Å². The molecule has 0 unspecified atom stereocenters. The van der Waals surface area contributed by atoms with Crippen molar-refractivity contribution >= 4 is 0 Å². The molecule has 0 spiro atoms. The summed E-state index contributed by atoms with van der Waals surface area (Å²) in [7, 11) is 0. The van der Waals surface area contributed by atoms with Gasteiger partial charge in [0.1, 0.15) is 12.0 Å². The zero-order chi connectivity index (χ0) is 11.0. The van der Waals surface area contributed by atoms with Gasteiger partial charge < -0.3 is 5.32 Å². The van der Waals surface area contributed by atoms with E-state index in [4.69, 9.17) is 0 Å². The van der Waals surface area contributed by atoms with Crippen LogP contribution in [0.5, 0.6) is 0 Å². The van der Waals surface area contributed by atoms with Crippen LogP contribution in [0.3, 0.4) is 0 Å². The third-order valence-corrected chi connectivity index (χ3v) is 2.70. The maximum atomic E-state index is 4.52. The number of rotatable bonds is 1. The van der Waals surface area contributed by atoms with Gasteiger partial charge in [-0.1, -0.05) is 0 Å². The molecule has 0 saturated carbocycles. The van der Waals surface area contributed by atoms with Gasteiger partial charge in [0.05, 0.1) is 5.69 Å². The Kier molecular flexibility index (Phi) is 2.11. The molecular weight excluding hydrogens is 202 g/mol. The van der Waals surface area contributed by atoms with E-state index in [1.165, 1.54) is 11.9 Å². The van der Waals surface area contributed by atoms with Crippen LogP contribution in [0.15, 0.2) is 18.6 Å². The minimum atomic E-state index is 0.683. The van der Waals surface area contributed by atoms with Crippen LogP contribution in [0, 0.1) is 6.92 Å². The fourth-order valence-corrected chi connectivity index (χ4v) is 1.88. The van der Waals surface area contributed by atoms with E-state index in [9.17, 15) is 0 Å². The standard InChI is InChI=1S/C11H11N5/c1-7-8-4-13-5-10(8)16-11(15-7)9-2-3-12-6-14-9/h2-3,6,13H,4-5H2,1H3. The van der Waals surface area contributed by atoms with Gasteiger partial charge >= 0.3 is 0 Å². The Hall–Kier alpha value is -1.88. The van der Waals surface area contributed by atoms with Crippen molar-refractivity contribution in [2.75, 3.05) is 0 Å². The molecule has 0 aromatic carbocycles. The van der Waals surface area contributed by atoms with Crippen molar-refractivity contribution in [3.05, 3.63) is 35.5 Å². The third kappa shape index (κ3) is 1.45. The zero-order valence-electron chi connectivity index (χ0n) is 8.94. The minimum absolute atomic E-state index is 0.683. The van der Waals surface area contributed by atoms with Gasteiger partial charge in [0.2, 0.25) is 0 Å². The third-order valence-electron chi connectivity index (χ3n) is 2.70. The Morgan fingerprint density at radius 3 is 3.00 bits per heavy atom. The van der Waals surface area contributed by atoms with Crippen LogP contribution in [0.25, 0.3) is 11.5 Å². The van der Waals surface area contributed by atoms with E-state index in [0.717, 1.165) is 30.2 Å². The average molecular weight is 213 g/mol. The van der Waals surface area contributed by atoms with Crippen LogP contribution in [-0.2, 0) is 13.1 Å². The lowest BCUT2D eigenvalue weighted by atomic mass is 10.2. The van der Waals surface area contributed by atoms with E-state index in [1.54, 1.807) is 6.20 Å². The van der Waals surface area contributed by atoms with Gasteiger partial charge in [-0.2, -0.15) is 0 Å². The predicted molar refractivity (Wildman–Crippen MR) is 58.3 cm³/mol. The molecule has 0 bridgehead atoms. The van der Waals surface area contributed by atoms with Crippen molar-refractivity contribution in [2.24, 2.45) is 0 Å². The molecule has 1 aliphatic heterocycles. The molecule has 0 saturated heterocycles. The summed E-state index contributed by atoms with van der Waals surface area (Å²) in [6.07, 6.45) is 3.21. The van der Waals surface area contributed by atoms with Crippen LogP contribution in [-0.4, -0.2) is 19.9 Å². The second-order valence-corrected chi connectivity index (χ2v) is 3.76. The molecule has 0 amide bonds. The van der Waals surface area contributed by atoms with Gasteiger partial charge in [0.25, 0.3) is 0 Å². The highest BCUT2D eigenvalue weighted by Gasteiger charge is 2.17. The van der Waals surface area contributed by atoms with Crippen LogP contribution in [0.2, 0.25) is 0 Å². The maximum absolute atomic E-state index is 4.52. The summed E-state index contributed by atoms with van der Waals surface area (Å²) in [6.45, 7) is 3.69. The van der Waals surface area contributed by atoms with Gasteiger partial charge in [0.15, 0.2) is 5.82 Å². The van der Waals surface area contributed by atoms with E-state index in [0.29, 0.717) is 5.82 Å². The normalized spacial score (nSPS) is 13.8. The summed E-state index contributed by atoms with van der Waals surface area (Å²) < 4.78 is 0. The first-order valence-electron chi connectivity index (χ1n) is 5.18. The predicted octanol–water partition coefficient (Wildman–Crippen LogP) is 0.845. The van der Waals surface area contributed by atoms with Crippen molar-refractivity contribution in [2.45, 2.75) is 20.0 Å². The number of nitrogens with zero attached hydrogens (tertiary/aromatic N) is 4. The van der Waals surface area contributed by atoms with Gasteiger partial charge in [-0.3, -0.25) is 0 Å². The monoisotopic (exact) mass is 213 g/mol. The number of fused-ring (bicyclic) bond motifs is 1. The topological polar surface area (TPSA) is 63.6 Å². The molecule has 1 aliphatic rings. The molecular formula is C11H11N5. The number of aryl methyl sites for hydroxylation is 1. The summed E-state index contributed by atoms with van der Waals surface area (Å²) >= 11 is 0. The minimum Gasteiger partial charge on any atom is -0.307 e. The number of aromatic nitrogens is 4. The largest absolute Gasteiger partial charge is 0.307 e. The molecule has 3 heterocycles. The fraction of sp³-hybridized carbons (Fsp3) is 0.273. The molecule has 80 valence electrons. The van der Waals surface area contributed by atoms with Crippen molar-refractivity contribution in [1.29, 1.82) is 0 Å². The molecule has 5 nitrogen and oxygen atoms in total. The molecule has 3 rings (SSSR count). The highest BCUT2D eigenvalue weighted by Crippen LogP contribution is 2.20. The molecule has 0 atom stereocenters. The second-order valence-electron chi connectivity index (χ2n) is 3.76. The fourth-order valence-electron chi connectivity index (χ4n) is 1.88. The number of nitrogens with one attached hydrogen (secondary N) is 1. The van der Waals surface area contributed by atoms with Crippen molar-refractivity contribution < 1.29 is 0 Å². The van der Waals surface area contributed by atoms with Gasteiger partial charge in [-0.15, -0.1) is 0 Å². The molecule has 0 radical (unpaired) electrons. The number of hydrogen-bond acceptors (Lipinski definition) is 5. The molecule has 16 heavy (non-hydrogen) atoms. The summed E-state index contributed by atoms with van der Waals surface area (Å²) in [5.41, 5.74) is 4.11. The van der Waals surface area contributed by atoms with Crippen LogP contribution >= 0.6 is 0 Å². The van der Waals surface area contributed by atoms with Gasteiger partial charge in [-0.25, -0.2) is 19.9 Å². The van der Waals surface area contributed by atoms with E-state index >= 15 is 0 Å². The van der Waals surface area contributed by atoms with Crippen LogP contribution < -0.4 is 5.32 Å². The van der Waals surface area contributed by atoms with E-state index < -0.39 is 0 Å². The first-order chi connectivity index (χ1) is 7.84. The van der Waals surface area contributed by atoms with Crippen molar-refractivity contribution in [1.82, 2.24) is 25.3 Å². The molecule has 0 fully saturated rings. The van der Waals surface area contributed by atoms with Crippen molar-refractivity contribution in [3.63, 3.8) is 0 Å². The first kappa shape index (κ1) is 9.35. The average Bonchev–Trinajstić information content (AvgIpc) is 2.79. The number of hydrogen-bond donors (Lipinski definition) is 1. The highest BCUT2D eigenvalue weighted by atomic mass is 15.0. The highest BCUT2D eigenvalue weighted by molar-refractivity contribution is 5.49. The van der Waals surface area contributed by atoms with Crippen LogP contribution in [0.4, 0.5) is 0 Å². The summed E-state index contributed by atoms with van der Waals surface area (Å²) in [5.74, 6) is 0.683. The van der Waals surface area contributed by atoms with Gasteiger partial charge in [-0.05, 0) is 13.0 Å². The SMILES string of the molecule is Cc1nc(-c2ccncn2)nc2c1CNC2. The molecule has 0 aliphatic carbocycles. The summed E-state index contributed by atoms with van der Waals surface area (Å²) in [6, 6.07) is 1.82. The quantitative estimate of drug-likeness (QED) is 0.760. The Morgan fingerprint density at radius 1 is 1.25 bits per heavy atom. The molecule has 2 aromatic rings. The van der Waals surface area contributed by atoms with Gasteiger partial charge in [0, 0.05) is 30.5 Å². The Bertz CT molecular complexity index is 523. The van der Waals surface area contributed by atoms with Crippen LogP contribution in [0.1, 0.15) is 17.0 Å². The lowest BCUT2D eigenvalue weighted by molar-refractivity contribution is 0.757. The molecule has 2 aromatic heterocycles.